The van der Waals surface area contributed by atoms with Crippen LogP contribution in [0.2, 0.25) is 0 Å². The predicted molar refractivity (Wildman–Crippen MR) is 125 cm³/mol. The Bertz CT molecular complexity index is 1080. The molecular weight excluding hydrogens is 430 g/mol. The van der Waals surface area contributed by atoms with E-state index >= 15 is 0 Å². The summed E-state index contributed by atoms with van der Waals surface area (Å²) in [5, 5.41) is 2.55. The first kappa shape index (κ1) is 25.2. The molecule has 32 heavy (non-hydrogen) atoms. The van der Waals surface area contributed by atoms with E-state index in [1.54, 1.807) is 44.4 Å². The highest BCUT2D eigenvalue weighted by molar-refractivity contribution is 7.92. The Morgan fingerprint density at radius 3 is 2.38 bits per heavy atom. The number of rotatable bonds is 9. The van der Waals surface area contributed by atoms with Gasteiger partial charge in [-0.15, -0.1) is 0 Å². The Hall–Kier alpha value is -3.07. The van der Waals surface area contributed by atoms with Gasteiger partial charge in [0.2, 0.25) is 21.8 Å². The molecule has 0 saturated heterocycles. The van der Waals surface area contributed by atoms with Crippen LogP contribution in [0.5, 0.6) is 5.75 Å². The quantitative estimate of drug-likeness (QED) is 0.618. The van der Waals surface area contributed by atoms with Gasteiger partial charge in [-0.1, -0.05) is 24.3 Å². The third-order valence-electron chi connectivity index (χ3n) is 5.42. The van der Waals surface area contributed by atoms with Crippen LogP contribution in [-0.4, -0.2) is 58.1 Å². The summed E-state index contributed by atoms with van der Waals surface area (Å²) >= 11 is 0. The molecule has 0 bridgehead atoms. The topological polar surface area (TPSA) is 96.0 Å². The van der Waals surface area contributed by atoms with Crippen LogP contribution in [-0.2, 0) is 26.2 Å². The standard InChI is InChI=1S/C23H31N3O5S/c1-16-9-7-12-21(17(16)2)26(32(6,29)30)15-22(27)25(18(3)23(28)24-4)14-19-10-8-11-20(13-19)31-5/h7-13,18H,14-15H2,1-6H3,(H,24,28). The van der Waals surface area contributed by atoms with Crippen LogP contribution in [0.25, 0.3) is 0 Å². The van der Waals surface area contributed by atoms with Gasteiger partial charge >= 0.3 is 0 Å². The van der Waals surface area contributed by atoms with Crippen molar-refractivity contribution in [1.82, 2.24) is 10.2 Å². The average Bonchev–Trinajstić information content (AvgIpc) is 2.76. The van der Waals surface area contributed by atoms with Gasteiger partial charge in [0.25, 0.3) is 0 Å². The molecule has 2 rings (SSSR count). The van der Waals surface area contributed by atoms with Crippen LogP contribution in [0.4, 0.5) is 5.69 Å². The molecule has 0 fully saturated rings. The van der Waals surface area contributed by atoms with Crippen molar-refractivity contribution >= 4 is 27.5 Å². The van der Waals surface area contributed by atoms with Crippen LogP contribution in [0.3, 0.4) is 0 Å². The fraction of sp³-hybridized carbons (Fsp3) is 0.391. The number of hydrogen-bond donors (Lipinski definition) is 1. The van der Waals surface area contributed by atoms with E-state index in [2.05, 4.69) is 5.32 Å². The number of nitrogens with zero attached hydrogens (tertiary/aromatic N) is 2. The molecule has 0 heterocycles. The third kappa shape index (κ3) is 6.00. The summed E-state index contributed by atoms with van der Waals surface area (Å²) in [7, 11) is -0.719. The molecular formula is C23H31N3O5S. The van der Waals surface area contributed by atoms with E-state index in [0.29, 0.717) is 11.4 Å². The van der Waals surface area contributed by atoms with Crippen molar-refractivity contribution in [3.63, 3.8) is 0 Å². The number of ether oxygens (including phenoxy) is 1. The number of benzene rings is 2. The lowest BCUT2D eigenvalue weighted by molar-refractivity contribution is -0.139. The van der Waals surface area contributed by atoms with Gasteiger partial charge in [0, 0.05) is 13.6 Å². The van der Waals surface area contributed by atoms with Gasteiger partial charge < -0.3 is 15.0 Å². The van der Waals surface area contributed by atoms with Crippen molar-refractivity contribution in [2.75, 3.05) is 31.3 Å². The van der Waals surface area contributed by atoms with E-state index in [-0.39, 0.29) is 12.5 Å². The highest BCUT2D eigenvalue weighted by Gasteiger charge is 2.30. The Balaban J connectivity index is 2.44. The summed E-state index contributed by atoms with van der Waals surface area (Å²) in [6.07, 6.45) is 1.07. The molecule has 0 aromatic heterocycles. The average molecular weight is 462 g/mol. The van der Waals surface area contributed by atoms with Crippen molar-refractivity contribution in [2.24, 2.45) is 0 Å². The maximum Gasteiger partial charge on any atom is 0.244 e. The maximum atomic E-state index is 13.4. The monoisotopic (exact) mass is 461 g/mol. The van der Waals surface area contributed by atoms with E-state index in [0.717, 1.165) is 27.3 Å². The zero-order valence-corrected chi connectivity index (χ0v) is 20.2. The fourth-order valence-corrected chi connectivity index (χ4v) is 4.26. The second kappa shape index (κ2) is 10.5. The Morgan fingerprint density at radius 2 is 1.78 bits per heavy atom. The summed E-state index contributed by atoms with van der Waals surface area (Å²) < 4.78 is 31.6. The molecule has 0 aliphatic heterocycles. The lowest BCUT2D eigenvalue weighted by Gasteiger charge is -2.31. The fourth-order valence-electron chi connectivity index (χ4n) is 3.36. The molecule has 9 heteroatoms. The van der Waals surface area contributed by atoms with Gasteiger partial charge in [-0.25, -0.2) is 8.42 Å². The zero-order chi connectivity index (χ0) is 24.1. The summed E-state index contributed by atoms with van der Waals surface area (Å²) in [5.41, 5.74) is 2.88. The highest BCUT2D eigenvalue weighted by Crippen LogP contribution is 2.25. The van der Waals surface area contributed by atoms with E-state index < -0.39 is 28.5 Å². The van der Waals surface area contributed by atoms with Crippen molar-refractivity contribution in [1.29, 1.82) is 0 Å². The van der Waals surface area contributed by atoms with E-state index in [1.165, 1.54) is 11.9 Å². The van der Waals surface area contributed by atoms with Crippen LogP contribution in [0.15, 0.2) is 42.5 Å². The molecule has 2 aromatic carbocycles. The van der Waals surface area contributed by atoms with Crippen molar-refractivity contribution in [3.05, 3.63) is 59.2 Å². The van der Waals surface area contributed by atoms with Crippen molar-refractivity contribution in [2.45, 2.75) is 33.4 Å². The van der Waals surface area contributed by atoms with Gasteiger partial charge in [-0.2, -0.15) is 0 Å². The minimum Gasteiger partial charge on any atom is -0.497 e. The predicted octanol–water partition coefficient (Wildman–Crippen LogP) is 2.24. The number of hydrogen-bond acceptors (Lipinski definition) is 5. The second-order valence-electron chi connectivity index (χ2n) is 7.65. The maximum absolute atomic E-state index is 13.4. The molecule has 0 aliphatic rings. The minimum absolute atomic E-state index is 0.120. The molecule has 0 spiro atoms. The largest absolute Gasteiger partial charge is 0.497 e. The zero-order valence-electron chi connectivity index (χ0n) is 19.4. The molecule has 1 atom stereocenters. The lowest BCUT2D eigenvalue weighted by atomic mass is 10.1. The van der Waals surface area contributed by atoms with E-state index in [9.17, 15) is 18.0 Å². The minimum atomic E-state index is -3.76. The summed E-state index contributed by atoms with van der Waals surface area (Å²) in [5.74, 6) is -0.218. The summed E-state index contributed by atoms with van der Waals surface area (Å²) in [6.45, 7) is 5.00. The molecule has 0 aliphatic carbocycles. The van der Waals surface area contributed by atoms with Crippen LogP contribution < -0.4 is 14.4 Å². The number of amides is 2. The molecule has 0 radical (unpaired) electrons. The molecule has 0 saturated carbocycles. The lowest BCUT2D eigenvalue weighted by Crippen LogP contribution is -2.50. The number of nitrogens with one attached hydrogen (secondary N) is 1. The molecule has 2 aromatic rings. The SMILES string of the molecule is CNC(=O)C(C)N(Cc1cccc(OC)c1)C(=O)CN(c1cccc(C)c1C)S(C)(=O)=O. The molecule has 174 valence electrons. The van der Waals surface area contributed by atoms with Crippen molar-refractivity contribution < 1.29 is 22.7 Å². The van der Waals surface area contributed by atoms with Crippen LogP contribution >= 0.6 is 0 Å². The Labute approximate surface area is 190 Å². The van der Waals surface area contributed by atoms with Gasteiger partial charge in [0.1, 0.15) is 18.3 Å². The molecule has 1 unspecified atom stereocenters. The smallest absolute Gasteiger partial charge is 0.244 e. The number of carbonyl (C=O) groups is 2. The number of sulfonamides is 1. The Morgan fingerprint density at radius 1 is 1.12 bits per heavy atom. The van der Waals surface area contributed by atoms with Gasteiger partial charge in [-0.05, 0) is 55.7 Å². The van der Waals surface area contributed by atoms with Gasteiger partial charge in [-0.3, -0.25) is 13.9 Å². The van der Waals surface area contributed by atoms with Gasteiger partial charge in [0.15, 0.2) is 0 Å². The van der Waals surface area contributed by atoms with Gasteiger partial charge in [0.05, 0.1) is 19.1 Å². The summed E-state index contributed by atoms with van der Waals surface area (Å²) in [4.78, 5) is 27.1. The number of aryl methyl sites for hydroxylation is 1. The number of likely N-dealkylation sites (N-methyl/N-ethyl adjacent to an activating group) is 1. The first-order valence-electron chi connectivity index (χ1n) is 10.2. The molecule has 8 nitrogen and oxygen atoms in total. The molecule has 1 N–H and O–H groups in total. The first-order valence-corrected chi connectivity index (χ1v) is 12.0. The number of methoxy groups -OCH3 is 1. The molecule has 2 amide bonds. The van der Waals surface area contributed by atoms with Crippen LogP contribution in [0, 0.1) is 13.8 Å². The number of carbonyl (C=O) groups excluding carboxylic acids is 2. The first-order chi connectivity index (χ1) is 15.0. The van der Waals surface area contributed by atoms with Crippen molar-refractivity contribution in [3.8, 4) is 5.75 Å². The third-order valence-corrected chi connectivity index (χ3v) is 6.55. The van der Waals surface area contributed by atoms with E-state index in [4.69, 9.17) is 4.74 Å². The van der Waals surface area contributed by atoms with E-state index in [1.807, 2.05) is 26.0 Å². The highest BCUT2D eigenvalue weighted by atomic mass is 32.2. The van der Waals surface area contributed by atoms with Crippen LogP contribution in [0.1, 0.15) is 23.6 Å². The number of anilines is 1. The summed E-state index contributed by atoms with van der Waals surface area (Å²) in [6, 6.07) is 11.7. The second-order valence-corrected chi connectivity index (χ2v) is 9.56. The normalized spacial score (nSPS) is 12.1. The Kier molecular flexibility index (Phi) is 8.26.